The molecule has 38 heavy (non-hydrogen) atoms. The summed E-state index contributed by atoms with van der Waals surface area (Å²) in [6.45, 7) is 3.28. The zero-order valence-corrected chi connectivity index (χ0v) is 20.3. The SMILES string of the molecule is CC(=O)N[C@@H]1[C@H](Oc2cc(C(F)(F)F)cc(C(F)(F)F)c2)O[C@H](COC(C)=O)[C@H](OC(C)=O)[C@H]1OC(C)=O. The van der Waals surface area contributed by atoms with Gasteiger partial charge < -0.3 is 29.0 Å². The molecule has 1 aromatic carbocycles. The van der Waals surface area contributed by atoms with Crippen LogP contribution in [-0.2, 0) is 50.5 Å². The van der Waals surface area contributed by atoms with Crippen LogP contribution in [0.5, 0.6) is 5.75 Å². The Labute approximate surface area is 211 Å². The summed E-state index contributed by atoms with van der Waals surface area (Å²) < 4.78 is 106. The molecular formula is C22H23F6NO9. The zero-order chi connectivity index (χ0) is 29.0. The van der Waals surface area contributed by atoms with E-state index in [1.165, 1.54) is 0 Å². The van der Waals surface area contributed by atoms with Crippen LogP contribution >= 0.6 is 0 Å². The second kappa shape index (κ2) is 11.9. The van der Waals surface area contributed by atoms with E-state index in [1.54, 1.807) is 0 Å². The fraction of sp³-hybridized carbons (Fsp3) is 0.545. The number of amides is 1. The van der Waals surface area contributed by atoms with Gasteiger partial charge in [-0.25, -0.2) is 0 Å². The summed E-state index contributed by atoms with van der Waals surface area (Å²) in [5.74, 6) is -4.48. The Hall–Kier alpha value is -3.56. The lowest BCUT2D eigenvalue weighted by Gasteiger charge is -2.44. The van der Waals surface area contributed by atoms with Crippen LogP contribution in [0.15, 0.2) is 18.2 Å². The number of halogens is 6. The molecule has 0 spiro atoms. The van der Waals surface area contributed by atoms with Crippen molar-refractivity contribution < 1.29 is 69.2 Å². The van der Waals surface area contributed by atoms with Crippen molar-refractivity contribution in [3.8, 4) is 5.75 Å². The number of ether oxygens (including phenoxy) is 5. The molecule has 0 bridgehead atoms. The lowest BCUT2D eigenvalue weighted by molar-refractivity contribution is -0.257. The van der Waals surface area contributed by atoms with Crippen molar-refractivity contribution >= 4 is 23.8 Å². The van der Waals surface area contributed by atoms with Gasteiger partial charge in [0, 0.05) is 27.7 Å². The number of esters is 3. The third-order valence-corrected chi connectivity index (χ3v) is 4.88. The second-order valence-electron chi connectivity index (χ2n) is 8.08. The van der Waals surface area contributed by atoms with Crippen LogP contribution in [0.4, 0.5) is 26.3 Å². The Morgan fingerprint density at radius 3 is 1.74 bits per heavy atom. The van der Waals surface area contributed by atoms with Crippen molar-refractivity contribution in [2.24, 2.45) is 0 Å². The van der Waals surface area contributed by atoms with E-state index in [0.29, 0.717) is 0 Å². The number of rotatable bonds is 7. The van der Waals surface area contributed by atoms with E-state index in [0.717, 1.165) is 27.7 Å². The Kier molecular flexibility index (Phi) is 9.58. The van der Waals surface area contributed by atoms with Crippen molar-refractivity contribution in [2.45, 2.75) is 70.7 Å². The molecule has 212 valence electrons. The van der Waals surface area contributed by atoms with E-state index in [4.69, 9.17) is 23.7 Å². The molecule has 1 aliphatic heterocycles. The highest BCUT2D eigenvalue weighted by molar-refractivity contribution is 5.73. The van der Waals surface area contributed by atoms with Crippen LogP contribution in [-0.4, -0.2) is 61.1 Å². The van der Waals surface area contributed by atoms with E-state index < -0.39 is 90.3 Å². The summed E-state index contributed by atoms with van der Waals surface area (Å²) in [6, 6.07) is -1.20. The number of carbonyl (C=O) groups excluding carboxylic acids is 4. The average Bonchev–Trinajstić information content (AvgIpc) is 2.74. The summed E-state index contributed by atoms with van der Waals surface area (Å²) in [6.07, 6.45) is -17.0. The van der Waals surface area contributed by atoms with Crippen molar-refractivity contribution in [2.75, 3.05) is 6.61 Å². The van der Waals surface area contributed by atoms with Crippen LogP contribution in [0.1, 0.15) is 38.8 Å². The van der Waals surface area contributed by atoms with Crippen LogP contribution in [0.2, 0.25) is 0 Å². The van der Waals surface area contributed by atoms with Crippen molar-refractivity contribution in [3.05, 3.63) is 29.3 Å². The Morgan fingerprint density at radius 2 is 1.32 bits per heavy atom. The van der Waals surface area contributed by atoms with Crippen LogP contribution in [0.3, 0.4) is 0 Å². The molecule has 0 unspecified atom stereocenters. The maximum Gasteiger partial charge on any atom is 0.416 e. The number of alkyl halides is 6. The van der Waals surface area contributed by atoms with Crippen LogP contribution in [0, 0.1) is 0 Å². The first-order valence-corrected chi connectivity index (χ1v) is 10.7. The molecule has 1 N–H and O–H groups in total. The molecule has 16 heteroatoms. The third kappa shape index (κ3) is 8.49. The predicted molar refractivity (Wildman–Crippen MR) is 111 cm³/mol. The first kappa shape index (κ1) is 30.7. The van der Waals surface area contributed by atoms with Gasteiger partial charge in [-0.2, -0.15) is 26.3 Å². The Bertz CT molecular complexity index is 1030. The van der Waals surface area contributed by atoms with E-state index in [9.17, 15) is 45.5 Å². The van der Waals surface area contributed by atoms with Gasteiger partial charge in [0.1, 0.15) is 24.5 Å². The molecule has 1 heterocycles. The van der Waals surface area contributed by atoms with Gasteiger partial charge in [-0.15, -0.1) is 0 Å². The Morgan fingerprint density at radius 1 is 0.816 bits per heavy atom. The van der Waals surface area contributed by atoms with Gasteiger partial charge in [0.25, 0.3) is 0 Å². The molecule has 2 rings (SSSR count). The smallest absolute Gasteiger partial charge is 0.416 e. The fourth-order valence-corrected chi connectivity index (χ4v) is 3.52. The quantitative estimate of drug-likeness (QED) is 0.305. The van der Waals surface area contributed by atoms with Crippen molar-refractivity contribution in [3.63, 3.8) is 0 Å². The largest absolute Gasteiger partial charge is 0.463 e. The summed E-state index contributed by atoms with van der Waals surface area (Å²) >= 11 is 0. The maximum absolute atomic E-state index is 13.3. The maximum atomic E-state index is 13.3. The second-order valence-corrected chi connectivity index (χ2v) is 8.08. The van der Waals surface area contributed by atoms with Crippen molar-refractivity contribution in [1.29, 1.82) is 0 Å². The van der Waals surface area contributed by atoms with Gasteiger partial charge in [0.05, 0.1) is 11.1 Å². The summed E-state index contributed by atoms with van der Waals surface area (Å²) in [5, 5.41) is 2.28. The van der Waals surface area contributed by atoms with Crippen LogP contribution < -0.4 is 10.1 Å². The summed E-state index contributed by atoms with van der Waals surface area (Å²) in [5.41, 5.74) is -3.39. The third-order valence-electron chi connectivity index (χ3n) is 4.88. The summed E-state index contributed by atoms with van der Waals surface area (Å²) in [4.78, 5) is 46.8. The zero-order valence-electron chi connectivity index (χ0n) is 20.3. The fourth-order valence-electron chi connectivity index (χ4n) is 3.52. The highest BCUT2D eigenvalue weighted by atomic mass is 19.4. The van der Waals surface area contributed by atoms with Crippen LogP contribution in [0.25, 0.3) is 0 Å². The molecule has 1 aromatic rings. The lowest BCUT2D eigenvalue weighted by atomic mass is 9.96. The van der Waals surface area contributed by atoms with E-state index in [-0.39, 0.29) is 18.2 Å². The first-order chi connectivity index (χ1) is 17.4. The molecule has 0 radical (unpaired) electrons. The lowest BCUT2D eigenvalue weighted by Crippen LogP contribution is -2.67. The standard InChI is InChI=1S/C22H23F6NO9/c1-9(30)29-17-19(36-12(4)33)18(35-11(3)32)16(8-34-10(2)31)38-20(17)37-15-6-13(21(23,24)25)5-14(7-15)22(26,27)28/h5-7,16-20H,8H2,1-4H3,(H,29,30)/t16-,17+,18+,19+,20-/m1/s1. The molecule has 0 saturated carbocycles. The minimum atomic E-state index is -5.19. The van der Waals surface area contributed by atoms with Gasteiger partial charge in [-0.05, 0) is 18.2 Å². The van der Waals surface area contributed by atoms with E-state index in [2.05, 4.69) is 5.32 Å². The minimum absolute atomic E-state index is 0.123. The van der Waals surface area contributed by atoms with Gasteiger partial charge in [-0.1, -0.05) is 0 Å². The topological polar surface area (TPSA) is 126 Å². The van der Waals surface area contributed by atoms with E-state index in [1.807, 2.05) is 0 Å². The normalized spacial score (nSPS) is 23.7. The monoisotopic (exact) mass is 559 g/mol. The molecule has 0 aromatic heterocycles. The Balaban J connectivity index is 2.62. The number of hydrogen-bond acceptors (Lipinski definition) is 9. The average molecular weight is 559 g/mol. The first-order valence-electron chi connectivity index (χ1n) is 10.7. The number of carbonyl (C=O) groups is 4. The number of benzene rings is 1. The minimum Gasteiger partial charge on any atom is -0.463 e. The van der Waals surface area contributed by atoms with E-state index >= 15 is 0 Å². The van der Waals surface area contributed by atoms with Gasteiger partial charge >= 0.3 is 30.3 Å². The summed E-state index contributed by atoms with van der Waals surface area (Å²) in [7, 11) is 0. The molecule has 1 fully saturated rings. The molecule has 0 aliphatic carbocycles. The molecule has 5 atom stereocenters. The molecule has 10 nitrogen and oxygen atoms in total. The number of nitrogens with one attached hydrogen (secondary N) is 1. The molecule has 1 saturated heterocycles. The predicted octanol–water partition coefficient (Wildman–Crippen LogP) is 2.76. The molecular weight excluding hydrogens is 536 g/mol. The highest BCUT2D eigenvalue weighted by Gasteiger charge is 2.52. The van der Waals surface area contributed by atoms with Gasteiger partial charge in [0.2, 0.25) is 12.2 Å². The molecule has 1 aliphatic rings. The van der Waals surface area contributed by atoms with Gasteiger partial charge in [-0.3, -0.25) is 19.2 Å². The van der Waals surface area contributed by atoms with Crippen molar-refractivity contribution in [1.82, 2.24) is 5.32 Å². The van der Waals surface area contributed by atoms with Gasteiger partial charge in [0.15, 0.2) is 12.2 Å². The molecule has 1 amide bonds. The highest BCUT2D eigenvalue weighted by Crippen LogP contribution is 2.39. The number of hydrogen-bond donors (Lipinski definition) is 1.